The predicted molar refractivity (Wildman–Crippen MR) is 88.5 cm³/mol. The first-order valence-corrected chi connectivity index (χ1v) is 7.95. The van der Waals surface area contributed by atoms with E-state index in [0.29, 0.717) is 0 Å². The lowest BCUT2D eigenvalue weighted by atomic mass is 10.1. The third-order valence-electron chi connectivity index (χ3n) is 2.93. The highest BCUT2D eigenvalue weighted by Crippen LogP contribution is 2.27. The summed E-state index contributed by atoms with van der Waals surface area (Å²) < 4.78 is 2.18. The van der Waals surface area contributed by atoms with Crippen molar-refractivity contribution in [1.29, 1.82) is 0 Å². The predicted octanol–water partition coefficient (Wildman–Crippen LogP) is 5.72. The quantitative estimate of drug-likeness (QED) is 0.689. The van der Waals surface area contributed by atoms with Gasteiger partial charge in [0.15, 0.2) is 0 Å². The molecule has 0 saturated heterocycles. The summed E-state index contributed by atoms with van der Waals surface area (Å²) in [5.74, 6) is 0. The van der Waals surface area contributed by atoms with Gasteiger partial charge in [-0.1, -0.05) is 61.7 Å². The minimum atomic E-state index is 0.265. The zero-order chi connectivity index (χ0) is 13.8. The van der Waals surface area contributed by atoms with Crippen molar-refractivity contribution in [3.63, 3.8) is 0 Å². The standard InChI is InChI=1S/C15H14Br2ClN/c1-10(14-6-5-12(16)8-15(14)17)19-9-11-3-2-4-13(18)7-11/h2-8,10,19H,9H2,1H3. The molecule has 0 bridgehead atoms. The molecular weight excluding hydrogens is 389 g/mol. The maximum atomic E-state index is 5.98. The fourth-order valence-corrected chi connectivity index (χ4v) is 3.48. The molecule has 0 radical (unpaired) electrons. The average Bonchev–Trinajstić information content (AvgIpc) is 2.36. The number of rotatable bonds is 4. The number of benzene rings is 2. The van der Waals surface area contributed by atoms with Gasteiger partial charge >= 0.3 is 0 Å². The van der Waals surface area contributed by atoms with Crippen molar-refractivity contribution in [3.8, 4) is 0 Å². The van der Waals surface area contributed by atoms with Crippen LogP contribution in [0.4, 0.5) is 0 Å². The van der Waals surface area contributed by atoms with Crippen LogP contribution in [-0.4, -0.2) is 0 Å². The van der Waals surface area contributed by atoms with Crippen LogP contribution in [0.2, 0.25) is 5.02 Å². The minimum absolute atomic E-state index is 0.265. The second-order valence-corrected chi connectivity index (χ2v) is 6.60. The van der Waals surface area contributed by atoms with E-state index in [0.717, 1.165) is 20.5 Å². The second kappa shape index (κ2) is 6.89. The largest absolute Gasteiger partial charge is 0.306 e. The smallest absolute Gasteiger partial charge is 0.0409 e. The highest BCUT2D eigenvalue weighted by Gasteiger charge is 2.09. The van der Waals surface area contributed by atoms with Crippen LogP contribution in [-0.2, 0) is 6.54 Å². The molecule has 1 unspecified atom stereocenters. The minimum Gasteiger partial charge on any atom is -0.306 e. The molecule has 100 valence electrons. The Morgan fingerprint density at radius 2 is 1.95 bits per heavy atom. The molecule has 1 N–H and O–H groups in total. The molecule has 2 rings (SSSR count). The van der Waals surface area contributed by atoms with Gasteiger partial charge < -0.3 is 5.32 Å². The second-order valence-electron chi connectivity index (χ2n) is 4.40. The van der Waals surface area contributed by atoms with Gasteiger partial charge in [-0.3, -0.25) is 0 Å². The molecule has 0 aliphatic rings. The molecule has 19 heavy (non-hydrogen) atoms. The summed E-state index contributed by atoms with van der Waals surface area (Å²) in [5.41, 5.74) is 2.43. The zero-order valence-electron chi connectivity index (χ0n) is 10.5. The molecular formula is C15H14Br2ClN. The van der Waals surface area contributed by atoms with Gasteiger partial charge in [0.2, 0.25) is 0 Å². The summed E-state index contributed by atoms with van der Waals surface area (Å²) in [5, 5.41) is 4.27. The topological polar surface area (TPSA) is 12.0 Å². The Balaban J connectivity index is 2.03. The summed E-state index contributed by atoms with van der Waals surface area (Å²) in [6.07, 6.45) is 0. The van der Waals surface area contributed by atoms with Crippen molar-refractivity contribution in [2.45, 2.75) is 19.5 Å². The van der Waals surface area contributed by atoms with Crippen LogP contribution in [0.15, 0.2) is 51.4 Å². The summed E-state index contributed by atoms with van der Waals surface area (Å²) >= 11 is 13.0. The summed E-state index contributed by atoms with van der Waals surface area (Å²) in [6.45, 7) is 2.95. The highest BCUT2D eigenvalue weighted by molar-refractivity contribution is 9.11. The monoisotopic (exact) mass is 401 g/mol. The Morgan fingerprint density at radius 1 is 1.16 bits per heavy atom. The van der Waals surface area contributed by atoms with E-state index in [1.807, 2.05) is 18.2 Å². The first kappa shape index (κ1) is 15.0. The molecule has 0 fully saturated rings. The van der Waals surface area contributed by atoms with Crippen LogP contribution in [0.3, 0.4) is 0 Å². The fraction of sp³-hybridized carbons (Fsp3) is 0.200. The van der Waals surface area contributed by atoms with Crippen LogP contribution in [0, 0.1) is 0 Å². The average molecular weight is 404 g/mol. The van der Waals surface area contributed by atoms with Crippen molar-refractivity contribution in [2.75, 3.05) is 0 Å². The van der Waals surface area contributed by atoms with E-state index < -0.39 is 0 Å². The van der Waals surface area contributed by atoms with Crippen LogP contribution in [0.25, 0.3) is 0 Å². The normalized spacial score (nSPS) is 12.4. The molecule has 0 spiro atoms. The molecule has 0 amide bonds. The van der Waals surface area contributed by atoms with Crippen LogP contribution < -0.4 is 5.32 Å². The van der Waals surface area contributed by atoms with Gasteiger partial charge in [-0.15, -0.1) is 0 Å². The fourth-order valence-electron chi connectivity index (χ4n) is 1.88. The summed E-state index contributed by atoms with van der Waals surface area (Å²) in [6, 6.07) is 14.4. The molecule has 2 aromatic rings. The zero-order valence-corrected chi connectivity index (χ0v) is 14.4. The number of halogens is 3. The van der Waals surface area contributed by atoms with Gasteiger partial charge in [0.1, 0.15) is 0 Å². The molecule has 4 heteroatoms. The van der Waals surface area contributed by atoms with E-state index in [-0.39, 0.29) is 6.04 Å². The highest BCUT2D eigenvalue weighted by atomic mass is 79.9. The third kappa shape index (κ3) is 4.32. The molecule has 0 heterocycles. The Morgan fingerprint density at radius 3 is 2.63 bits per heavy atom. The first-order valence-electron chi connectivity index (χ1n) is 5.99. The van der Waals surface area contributed by atoms with Crippen LogP contribution in [0.5, 0.6) is 0 Å². The lowest BCUT2D eigenvalue weighted by Crippen LogP contribution is -2.18. The van der Waals surface area contributed by atoms with Gasteiger partial charge in [0.05, 0.1) is 0 Å². The first-order chi connectivity index (χ1) is 9.06. The molecule has 0 aromatic heterocycles. The van der Waals surface area contributed by atoms with E-state index >= 15 is 0 Å². The molecule has 0 aliphatic carbocycles. The maximum absolute atomic E-state index is 5.98. The van der Waals surface area contributed by atoms with Gasteiger partial charge in [0, 0.05) is 26.6 Å². The lowest BCUT2D eigenvalue weighted by Gasteiger charge is -2.16. The molecule has 0 saturated carbocycles. The number of hydrogen-bond donors (Lipinski definition) is 1. The van der Waals surface area contributed by atoms with Crippen LogP contribution >= 0.6 is 43.5 Å². The summed E-state index contributed by atoms with van der Waals surface area (Å²) in [7, 11) is 0. The molecule has 1 nitrogen and oxygen atoms in total. The van der Waals surface area contributed by atoms with E-state index in [9.17, 15) is 0 Å². The van der Waals surface area contributed by atoms with Crippen molar-refractivity contribution in [1.82, 2.24) is 5.32 Å². The SMILES string of the molecule is CC(NCc1cccc(Cl)c1)c1ccc(Br)cc1Br. The Hall–Kier alpha value is -0.350. The molecule has 1 atom stereocenters. The van der Waals surface area contributed by atoms with Crippen LogP contribution in [0.1, 0.15) is 24.1 Å². The summed E-state index contributed by atoms with van der Waals surface area (Å²) in [4.78, 5) is 0. The van der Waals surface area contributed by atoms with E-state index in [4.69, 9.17) is 11.6 Å². The Kier molecular flexibility index (Phi) is 5.46. The number of nitrogens with one attached hydrogen (secondary N) is 1. The van der Waals surface area contributed by atoms with Crippen molar-refractivity contribution in [2.24, 2.45) is 0 Å². The Bertz CT molecular complexity index is 572. The maximum Gasteiger partial charge on any atom is 0.0409 e. The van der Waals surface area contributed by atoms with Gasteiger partial charge in [-0.2, -0.15) is 0 Å². The van der Waals surface area contributed by atoms with Gasteiger partial charge in [-0.25, -0.2) is 0 Å². The van der Waals surface area contributed by atoms with Gasteiger partial charge in [0.25, 0.3) is 0 Å². The Labute approximate surface area is 135 Å². The van der Waals surface area contributed by atoms with Crippen molar-refractivity contribution in [3.05, 3.63) is 67.6 Å². The number of hydrogen-bond acceptors (Lipinski definition) is 1. The van der Waals surface area contributed by atoms with E-state index in [2.05, 4.69) is 68.4 Å². The molecule has 0 aliphatic heterocycles. The molecule has 2 aromatic carbocycles. The third-order valence-corrected chi connectivity index (χ3v) is 4.35. The van der Waals surface area contributed by atoms with E-state index in [1.54, 1.807) is 0 Å². The van der Waals surface area contributed by atoms with E-state index in [1.165, 1.54) is 11.1 Å². The van der Waals surface area contributed by atoms with Crippen molar-refractivity contribution >= 4 is 43.5 Å². The lowest BCUT2D eigenvalue weighted by molar-refractivity contribution is 0.573. The van der Waals surface area contributed by atoms with Crippen molar-refractivity contribution < 1.29 is 0 Å². The van der Waals surface area contributed by atoms with Gasteiger partial charge in [-0.05, 0) is 42.3 Å².